The molecular weight excluding hydrogens is 324 g/mol. The van der Waals surface area contributed by atoms with E-state index in [2.05, 4.69) is 10.4 Å². The van der Waals surface area contributed by atoms with Crippen LogP contribution in [0, 0.1) is 0 Å². The van der Waals surface area contributed by atoms with Gasteiger partial charge in [0.2, 0.25) is 5.91 Å². The summed E-state index contributed by atoms with van der Waals surface area (Å²) in [5.74, 6) is -0.0716. The average molecular weight is 341 g/mol. The van der Waals surface area contributed by atoms with Gasteiger partial charge < -0.3 is 5.32 Å². The second-order valence-corrected chi connectivity index (χ2v) is 7.21. The topological polar surface area (TPSA) is 68.9 Å². The standard InChI is InChI=1S/C14H17ClN4O2S/c1-18-8-16-19(14(18)21)6-5-13(20)17-10-3-2-4-11-9(10)7-12(15)22-11/h7-8,10H,2-6H2,1H3,(H,17,20). The molecule has 1 aliphatic carbocycles. The van der Waals surface area contributed by atoms with Crippen molar-refractivity contribution < 1.29 is 4.79 Å². The number of carbonyl (C=O) groups excluding carboxylic acids is 1. The van der Waals surface area contributed by atoms with Crippen LogP contribution in [-0.2, 0) is 24.8 Å². The van der Waals surface area contributed by atoms with Crippen molar-refractivity contribution in [3.8, 4) is 0 Å². The summed E-state index contributed by atoms with van der Waals surface area (Å²) < 4.78 is 3.46. The normalized spacial score (nSPS) is 17.3. The Morgan fingerprint density at radius 1 is 1.59 bits per heavy atom. The molecule has 0 fully saturated rings. The van der Waals surface area contributed by atoms with Crippen LogP contribution in [0.5, 0.6) is 0 Å². The van der Waals surface area contributed by atoms with Gasteiger partial charge in [-0.2, -0.15) is 5.10 Å². The first-order chi connectivity index (χ1) is 10.5. The lowest BCUT2D eigenvalue weighted by Gasteiger charge is -2.23. The van der Waals surface area contributed by atoms with Crippen molar-refractivity contribution in [1.29, 1.82) is 0 Å². The molecule has 0 aromatic carbocycles. The van der Waals surface area contributed by atoms with Crippen LogP contribution in [0.15, 0.2) is 17.2 Å². The van der Waals surface area contributed by atoms with E-state index in [1.165, 1.54) is 20.5 Å². The van der Waals surface area contributed by atoms with Gasteiger partial charge in [-0.3, -0.25) is 9.36 Å². The lowest BCUT2D eigenvalue weighted by atomic mass is 9.94. The average Bonchev–Trinajstić information content (AvgIpc) is 3.01. The zero-order valence-electron chi connectivity index (χ0n) is 12.2. The second-order valence-electron chi connectivity index (χ2n) is 5.44. The number of fused-ring (bicyclic) bond motifs is 1. The number of amides is 1. The molecule has 0 aliphatic heterocycles. The van der Waals surface area contributed by atoms with Crippen LogP contribution < -0.4 is 11.0 Å². The Bertz CT molecular complexity index is 748. The van der Waals surface area contributed by atoms with Gasteiger partial charge in [0.1, 0.15) is 6.33 Å². The van der Waals surface area contributed by atoms with Crippen LogP contribution in [0.4, 0.5) is 0 Å². The highest BCUT2D eigenvalue weighted by Gasteiger charge is 2.24. The van der Waals surface area contributed by atoms with E-state index in [9.17, 15) is 9.59 Å². The molecule has 1 unspecified atom stereocenters. The van der Waals surface area contributed by atoms with Gasteiger partial charge in [0.05, 0.1) is 16.9 Å². The molecule has 2 heterocycles. The number of hydrogen-bond acceptors (Lipinski definition) is 4. The monoisotopic (exact) mass is 340 g/mol. The molecule has 8 heteroatoms. The summed E-state index contributed by atoms with van der Waals surface area (Å²) in [6.07, 6.45) is 4.69. The summed E-state index contributed by atoms with van der Waals surface area (Å²) in [6.45, 7) is 0.287. The SMILES string of the molecule is Cn1cnn(CCC(=O)NC2CCCc3sc(Cl)cc32)c1=O. The van der Waals surface area contributed by atoms with Gasteiger partial charge in [-0.15, -0.1) is 11.3 Å². The Morgan fingerprint density at radius 2 is 2.41 bits per heavy atom. The van der Waals surface area contributed by atoms with Crippen molar-refractivity contribution in [1.82, 2.24) is 19.7 Å². The number of carbonyl (C=O) groups is 1. The molecule has 2 aromatic heterocycles. The summed E-state index contributed by atoms with van der Waals surface area (Å²) in [7, 11) is 1.63. The lowest BCUT2D eigenvalue weighted by molar-refractivity contribution is -0.122. The largest absolute Gasteiger partial charge is 0.349 e. The quantitative estimate of drug-likeness (QED) is 0.924. The third-order valence-corrected chi connectivity index (χ3v) is 5.20. The summed E-state index contributed by atoms with van der Waals surface area (Å²) >= 11 is 7.66. The van der Waals surface area contributed by atoms with E-state index in [0.29, 0.717) is 0 Å². The highest BCUT2D eigenvalue weighted by Crippen LogP contribution is 2.37. The number of halogens is 1. The van der Waals surface area contributed by atoms with E-state index in [-0.39, 0.29) is 30.6 Å². The maximum atomic E-state index is 12.1. The molecule has 2 aromatic rings. The Morgan fingerprint density at radius 3 is 3.14 bits per heavy atom. The Kier molecular flexibility index (Phi) is 4.35. The molecule has 1 amide bonds. The third-order valence-electron chi connectivity index (χ3n) is 3.86. The molecule has 0 saturated carbocycles. The molecule has 1 aliphatic rings. The Labute approximate surface area is 136 Å². The molecule has 1 N–H and O–H groups in total. The number of thiophene rings is 1. The zero-order chi connectivity index (χ0) is 15.7. The van der Waals surface area contributed by atoms with Gasteiger partial charge in [-0.05, 0) is 30.9 Å². The molecule has 0 spiro atoms. The molecule has 0 bridgehead atoms. The van der Waals surface area contributed by atoms with E-state index in [1.807, 2.05) is 6.07 Å². The molecule has 3 rings (SSSR count). The minimum atomic E-state index is -0.211. The zero-order valence-corrected chi connectivity index (χ0v) is 13.8. The fourth-order valence-electron chi connectivity index (χ4n) is 2.72. The number of aryl methyl sites for hydroxylation is 3. The van der Waals surface area contributed by atoms with Crippen molar-refractivity contribution in [3.63, 3.8) is 0 Å². The van der Waals surface area contributed by atoms with Crippen molar-refractivity contribution in [2.45, 2.75) is 38.3 Å². The Balaban J connectivity index is 1.61. The molecule has 6 nitrogen and oxygen atoms in total. The first-order valence-corrected chi connectivity index (χ1v) is 8.40. The van der Waals surface area contributed by atoms with Crippen molar-refractivity contribution >= 4 is 28.8 Å². The lowest BCUT2D eigenvalue weighted by Crippen LogP contribution is -2.32. The third kappa shape index (κ3) is 3.10. The van der Waals surface area contributed by atoms with Gasteiger partial charge >= 0.3 is 5.69 Å². The van der Waals surface area contributed by atoms with Gasteiger partial charge in [0, 0.05) is 18.3 Å². The highest BCUT2D eigenvalue weighted by molar-refractivity contribution is 7.16. The van der Waals surface area contributed by atoms with Crippen LogP contribution in [0.25, 0.3) is 0 Å². The van der Waals surface area contributed by atoms with Crippen LogP contribution in [0.3, 0.4) is 0 Å². The smallest absolute Gasteiger partial charge is 0.345 e. The fraction of sp³-hybridized carbons (Fsp3) is 0.500. The highest BCUT2D eigenvalue weighted by atomic mass is 35.5. The number of nitrogens with zero attached hydrogens (tertiary/aromatic N) is 3. The van der Waals surface area contributed by atoms with Crippen molar-refractivity contribution in [2.24, 2.45) is 7.05 Å². The van der Waals surface area contributed by atoms with E-state index in [0.717, 1.165) is 29.2 Å². The molecule has 1 atom stereocenters. The number of hydrogen-bond donors (Lipinski definition) is 1. The molecule has 22 heavy (non-hydrogen) atoms. The van der Waals surface area contributed by atoms with Gasteiger partial charge in [-0.25, -0.2) is 9.48 Å². The molecule has 0 radical (unpaired) electrons. The van der Waals surface area contributed by atoms with E-state index in [1.54, 1.807) is 18.4 Å². The van der Waals surface area contributed by atoms with E-state index in [4.69, 9.17) is 11.6 Å². The maximum Gasteiger partial charge on any atom is 0.345 e. The maximum absolute atomic E-state index is 12.1. The minimum Gasteiger partial charge on any atom is -0.349 e. The number of rotatable bonds is 4. The summed E-state index contributed by atoms with van der Waals surface area (Å²) in [5.41, 5.74) is 0.932. The summed E-state index contributed by atoms with van der Waals surface area (Å²) in [6, 6.07) is 1.98. The van der Waals surface area contributed by atoms with Crippen LogP contribution in [-0.4, -0.2) is 20.3 Å². The van der Waals surface area contributed by atoms with Crippen LogP contribution in [0.2, 0.25) is 4.34 Å². The predicted molar refractivity (Wildman–Crippen MR) is 85.2 cm³/mol. The number of aromatic nitrogens is 3. The molecular formula is C14H17ClN4O2S. The van der Waals surface area contributed by atoms with Crippen LogP contribution in [0.1, 0.15) is 35.7 Å². The second kappa shape index (κ2) is 6.26. The van der Waals surface area contributed by atoms with Gasteiger partial charge in [-0.1, -0.05) is 11.6 Å². The van der Waals surface area contributed by atoms with Crippen LogP contribution >= 0.6 is 22.9 Å². The summed E-state index contributed by atoms with van der Waals surface area (Å²) in [5, 5.41) is 6.99. The van der Waals surface area contributed by atoms with Gasteiger partial charge in [0.15, 0.2) is 0 Å². The molecule has 0 saturated heterocycles. The molecule has 118 valence electrons. The first kappa shape index (κ1) is 15.3. The van der Waals surface area contributed by atoms with E-state index < -0.39 is 0 Å². The minimum absolute atomic E-state index is 0.0282. The van der Waals surface area contributed by atoms with E-state index >= 15 is 0 Å². The predicted octanol–water partition coefficient (Wildman–Crippen LogP) is 1.88. The van der Waals surface area contributed by atoms with Crippen molar-refractivity contribution in [2.75, 3.05) is 0 Å². The number of nitrogens with one attached hydrogen (secondary N) is 1. The van der Waals surface area contributed by atoms with Gasteiger partial charge in [0.25, 0.3) is 0 Å². The van der Waals surface area contributed by atoms with Crippen molar-refractivity contribution in [3.05, 3.63) is 37.7 Å². The summed E-state index contributed by atoms with van der Waals surface area (Å²) in [4.78, 5) is 25.1. The first-order valence-electron chi connectivity index (χ1n) is 7.20. The fourth-order valence-corrected chi connectivity index (χ4v) is 4.10. The Hall–Kier alpha value is -1.60.